The van der Waals surface area contributed by atoms with Crippen LogP contribution in [0, 0.1) is 5.92 Å². The number of carbonyl (C=O) groups excluding carboxylic acids is 2. The minimum absolute atomic E-state index is 0.116. The van der Waals surface area contributed by atoms with Crippen molar-refractivity contribution in [1.82, 2.24) is 19.8 Å². The second kappa shape index (κ2) is 13.3. The second-order valence-corrected chi connectivity index (χ2v) is 16.0. The predicted octanol–water partition coefficient (Wildman–Crippen LogP) is 4.03. The van der Waals surface area contributed by atoms with Gasteiger partial charge in [0.15, 0.2) is 0 Å². The van der Waals surface area contributed by atoms with Crippen molar-refractivity contribution >= 4 is 57.0 Å². The monoisotopic (exact) mass is 618 g/mol. The van der Waals surface area contributed by atoms with Gasteiger partial charge >= 0.3 is 12.2 Å². The van der Waals surface area contributed by atoms with E-state index in [9.17, 15) is 18.0 Å². The number of ether oxygens (including phenoxy) is 2. The van der Waals surface area contributed by atoms with Crippen molar-refractivity contribution in [3.63, 3.8) is 0 Å². The topological polar surface area (TPSA) is 117 Å². The van der Waals surface area contributed by atoms with E-state index in [1.807, 2.05) is 20.8 Å². The highest BCUT2D eigenvalue weighted by atomic mass is 35.6. The highest BCUT2D eigenvalue weighted by molar-refractivity contribution is 7.89. The van der Waals surface area contributed by atoms with Gasteiger partial charge in [-0.25, -0.2) is 18.0 Å². The molecule has 10 nitrogen and oxygen atoms in total. The third-order valence-corrected chi connectivity index (χ3v) is 9.61. The Kier molecular flexibility index (Phi) is 11.1. The summed E-state index contributed by atoms with van der Waals surface area (Å²) in [6.07, 6.45) is 4.10. The highest BCUT2D eigenvalue weighted by Crippen LogP contribution is 2.39. The van der Waals surface area contributed by atoms with Crippen LogP contribution in [-0.4, -0.2) is 95.9 Å². The number of nitrogens with one attached hydrogen (secondary N) is 2. The molecule has 2 bridgehead atoms. The van der Waals surface area contributed by atoms with Crippen LogP contribution in [0.15, 0.2) is 0 Å². The molecule has 3 rings (SSSR count). The van der Waals surface area contributed by atoms with E-state index < -0.39 is 31.6 Å². The van der Waals surface area contributed by atoms with Crippen molar-refractivity contribution in [3.05, 3.63) is 0 Å². The van der Waals surface area contributed by atoms with Crippen LogP contribution in [0.2, 0.25) is 0 Å². The largest absolute Gasteiger partial charge is 0.445 e. The molecule has 0 aromatic rings. The Labute approximate surface area is 241 Å². The lowest BCUT2D eigenvalue weighted by Crippen LogP contribution is -2.53. The molecule has 3 heterocycles. The van der Waals surface area contributed by atoms with E-state index in [1.54, 1.807) is 4.31 Å². The number of hydrogen-bond acceptors (Lipinski definition) is 7. The minimum Gasteiger partial charge on any atom is -0.445 e. The smallest absolute Gasteiger partial charge is 0.407 e. The summed E-state index contributed by atoms with van der Waals surface area (Å²) in [5.74, 6) is 0.292. The lowest BCUT2D eigenvalue weighted by molar-refractivity contribution is 0.0525. The molecule has 0 spiro atoms. The maximum absolute atomic E-state index is 13.4. The number of rotatable bonds is 9. The third-order valence-electron chi connectivity index (χ3n) is 7.15. The number of piperidine rings is 2. The molecule has 14 heteroatoms. The van der Waals surface area contributed by atoms with Crippen molar-refractivity contribution < 1.29 is 27.5 Å². The fraction of sp³-hybridized carbons (Fsp3) is 0.917. The van der Waals surface area contributed by atoms with Crippen LogP contribution in [0.3, 0.4) is 0 Å². The van der Waals surface area contributed by atoms with Gasteiger partial charge in [-0.2, -0.15) is 4.31 Å². The fourth-order valence-corrected chi connectivity index (χ4v) is 8.19. The molecular weight excluding hydrogens is 579 g/mol. The zero-order valence-electron chi connectivity index (χ0n) is 22.4. The van der Waals surface area contributed by atoms with Gasteiger partial charge in [-0.15, -0.1) is 0 Å². The first-order chi connectivity index (χ1) is 17.6. The number of carbonyl (C=O) groups is 2. The summed E-state index contributed by atoms with van der Waals surface area (Å²) in [7, 11) is -3.41. The van der Waals surface area contributed by atoms with E-state index in [0.717, 1.165) is 51.7 Å². The molecule has 3 saturated heterocycles. The van der Waals surface area contributed by atoms with Crippen molar-refractivity contribution in [1.29, 1.82) is 0 Å². The van der Waals surface area contributed by atoms with Gasteiger partial charge in [0.05, 0.1) is 5.75 Å². The van der Waals surface area contributed by atoms with Gasteiger partial charge in [0.1, 0.15) is 12.2 Å². The molecule has 3 fully saturated rings. The summed E-state index contributed by atoms with van der Waals surface area (Å²) < 4.78 is 37.1. The van der Waals surface area contributed by atoms with Gasteiger partial charge in [-0.05, 0) is 91.3 Å². The second-order valence-electron chi connectivity index (χ2n) is 11.6. The molecule has 3 aliphatic rings. The Morgan fingerprint density at radius 2 is 1.58 bits per heavy atom. The first-order valence-corrected chi connectivity index (χ1v) is 16.1. The molecule has 220 valence electrons. The van der Waals surface area contributed by atoms with Crippen LogP contribution in [0.5, 0.6) is 0 Å². The molecule has 2 amide bonds. The van der Waals surface area contributed by atoms with Gasteiger partial charge in [-0.1, -0.05) is 34.8 Å². The third kappa shape index (κ3) is 10.4. The van der Waals surface area contributed by atoms with E-state index in [0.29, 0.717) is 19.4 Å². The lowest BCUT2D eigenvalue weighted by atomic mass is 9.99. The molecule has 0 radical (unpaired) electrons. The number of likely N-dealkylation sites (tertiary alicyclic amines) is 1. The Bertz CT molecular complexity index is 905. The molecule has 3 atom stereocenters. The number of sulfonamides is 1. The summed E-state index contributed by atoms with van der Waals surface area (Å²) in [4.78, 5) is 26.1. The molecule has 2 N–H and O–H groups in total. The number of halogens is 3. The van der Waals surface area contributed by atoms with Gasteiger partial charge in [-0.3, -0.25) is 0 Å². The quantitative estimate of drug-likeness (QED) is 0.296. The Morgan fingerprint density at radius 1 is 0.974 bits per heavy atom. The summed E-state index contributed by atoms with van der Waals surface area (Å²) in [6, 6.07) is -0.403. The number of fused-ring (bicyclic) bond motifs is 2. The number of alkyl halides is 3. The van der Waals surface area contributed by atoms with E-state index in [-0.39, 0.29) is 36.4 Å². The number of hydrogen-bond donors (Lipinski definition) is 2. The zero-order chi connectivity index (χ0) is 28.1. The van der Waals surface area contributed by atoms with Crippen molar-refractivity contribution in [2.75, 3.05) is 38.5 Å². The standard InChI is InChI=1S/C24H41Cl3N4O6S/c1-23(2,3)37-21(32)28-9-4-10-30-11-7-17(8-12-30)15-38(34,35)31-19-5-6-20(31)14-18(13-19)29-22(33)36-16-24(25,26)27/h17-20H,4-16H2,1-3H3,(H,28,32)(H,29,33)/t18?,19-,20+. The van der Waals surface area contributed by atoms with Crippen LogP contribution in [0.25, 0.3) is 0 Å². The predicted molar refractivity (Wildman–Crippen MR) is 148 cm³/mol. The summed E-state index contributed by atoms with van der Waals surface area (Å²) in [5.41, 5.74) is -0.513. The normalized spacial score (nSPS) is 25.7. The highest BCUT2D eigenvalue weighted by Gasteiger charge is 2.47. The van der Waals surface area contributed by atoms with Crippen LogP contribution in [0.1, 0.15) is 65.7 Å². The Hall–Kier alpha value is -0.720. The molecule has 1 unspecified atom stereocenters. The summed E-state index contributed by atoms with van der Waals surface area (Å²) in [6.45, 7) is 8.23. The molecule has 0 aliphatic carbocycles. The van der Waals surface area contributed by atoms with E-state index >= 15 is 0 Å². The molecule has 0 aromatic heterocycles. The van der Waals surface area contributed by atoms with Crippen LogP contribution < -0.4 is 10.6 Å². The minimum atomic E-state index is -3.41. The van der Waals surface area contributed by atoms with Gasteiger partial charge in [0.2, 0.25) is 13.8 Å². The molecule has 0 saturated carbocycles. The summed E-state index contributed by atoms with van der Waals surface area (Å²) in [5, 5.41) is 5.57. The first-order valence-electron chi connectivity index (χ1n) is 13.3. The van der Waals surface area contributed by atoms with Gasteiger partial charge in [0.25, 0.3) is 0 Å². The van der Waals surface area contributed by atoms with Crippen LogP contribution >= 0.6 is 34.8 Å². The van der Waals surface area contributed by atoms with E-state index in [1.165, 1.54) is 0 Å². The zero-order valence-corrected chi connectivity index (χ0v) is 25.5. The number of amides is 2. The molecule has 38 heavy (non-hydrogen) atoms. The van der Waals surface area contributed by atoms with Gasteiger partial charge < -0.3 is 25.0 Å². The van der Waals surface area contributed by atoms with E-state index in [2.05, 4.69) is 15.5 Å². The average molecular weight is 620 g/mol. The molecule has 0 aromatic carbocycles. The van der Waals surface area contributed by atoms with Crippen LogP contribution in [-0.2, 0) is 19.5 Å². The van der Waals surface area contributed by atoms with E-state index in [4.69, 9.17) is 44.3 Å². The first kappa shape index (κ1) is 31.8. The Balaban J connectivity index is 1.38. The fourth-order valence-electron chi connectivity index (χ4n) is 5.63. The number of nitrogens with zero attached hydrogens (tertiary/aromatic N) is 2. The maximum atomic E-state index is 13.4. The van der Waals surface area contributed by atoms with Crippen LogP contribution in [0.4, 0.5) is 9.59 Å². The molecular formula is C24H41Cl3N4O6S. The van der Waals surface area contributed by atoms with Crippen molar-refractivity contribution in [2.45, 2.75) is 93.2 Å². The number of alkyl carbamates (subject to hydrolysis) is 2. The van der Waals surface area contributed by atoms with Gasteiger partial charge in [0, 0.05) is 24.7 Å². The lowest BCUT2D eigenvalue weighted by Gasteiger charge is -2.39. The Morgan fingerprint density at radius 3 is 2.13 bits per heavy atom. The van der Waals surface area contributed by atoms with Crippen molar-refractivity contribution in [3.8, 4) is 0 Å². The van der Waals surface area contributed by atoms with Crippen molar-refractivity contribution in [2.24, 2.45) is 5.92 Å². The SMILES string of the molecule is CC(C)(C)OC(=O)NCCCN1CCC(CS(=O)(=O)N2[C@@H]3CC[C@H]2CC(NC(=O)OCC(Cl)(Cl)Cl)C3)CC1. The molecule has 3 aliphatic heterocycles. The summed E-state index contributed by atoms with van der Waals surface area (Å²) >= 11 is 16.9. The maximum Gasteiger partial charge on any atom is 0.407 e. The average Bonchev–Trinajstić information content (AvgIpc) is 3.07.